The Morgan fingerprint density at radius 2 is 1.81 bits per heavy atom. The van der Waals surface area contributed by atoms with E-state index in [1.54, 1.807) is 12.1 Å². The molecule has 0 radical (unpaired) electrons. The lowest BCUT2D eigenvalue weighted by Gasteiger charge is -2.31. The number of halogens is 1. The number of rotatable bonds is 5. The topological polar surface area (TPSA) is 12.0 Å². The van der Waals surface area contributed by atoms with E-state index < -0.39 is 0 Å². The van der Waals surface area contributed by atoms with Crippen molar-refractivity contribution in [2.75, 3.05) is 6.54 Å². The fraction of sp³-hybridized carbons (Fsp3) is 0.684. The largest absolute Gasteiger partial charge is 0.310 e. The van der Waals surface area contributed by atoms with Gasteiger partial charge in [-0.2, -0.15) is 0 Å². The predicted molar refractivity (Wildman–Crippen MR) is 88.0 cm³/mol. The van der Waals surface area contributed by atoms with E-state index in [2.05, 4.69) is 19.2 Å². The molecular formula is C19H30FN. The highest BCUT2D eigenvalue weighted by molar-refractivity contribution is 5.30. The molecular weight excluding hydrogens is 261 g/mol. The van der Waals surface area contributed by atoms with Crippen molar-refractivity contribution < 1.29 is 4.39 Å². The normalized spacial score (nSPS) is 19.0. The molecule has 0 saturated heterocycles. The monoisotopic (exact) mass is 291 g/mol. The molecule has 0 spiro atoms. The predicted octanol–water partition coefficient (Wildman–Crippen LogP) is 5.54. The fourth-order valence-corrected chi connectivity index (χ4v) is 3.60. The third-order valence-corrected chi connectivity index (χ3v) is 4.81. The summed E-state index contributed by atoms with van der Waals surface area (Å²) < 4.78 is 13.7. The van der Waals surface area contributed by atoms with Gasteiger partial charge < -0.3 is 5.32 Å². The van der Waals surface area contributed by atoms with E-state index >= 15 is 0 Å². The first-order valence-electron chi connectivity index (χ1n) is 8.71. The van der Waals surface area contributed by atoms with Crippen molar-refractivity contribution in [3.8, 4) is 0 Å². The van der Waals surface area contributed by atoms with Gasteiger partial charge in [0.05, 0.1) is 0 Å². The van der Waals surface area contributed by atoms with Crippen molar-refractivity contribution in [1.29, 1.82) is 0 Å². The molecule has 1 fully saturated rings. The summed E-state index contributed by atoms with van der Waals surface area (Å²) in [6.45, 7) is 5.32. The van der Waals surface area contributed by atoms with Gasteiger partial charge in [-0.3, -0.25) is 0 Å². The highest BCUT2D eigenvalue weighted by Gasteiger charge is 2.24. The smallest absolute Gasteiger partial charge is 0.123 e. The van der Waals surface area contributed by atoms with E-state index in [0.717, 1.165) is 13.0 Å². The van der Waals surface area contributed by atoms with Crippen LogP contribution in [0.25, 0.3) is 0 Å². The second kappa shape index (κ2) is 8.53. The van der Waals surface area contributed by atoms with E-state index in [4.69, 9.17) is 0 Å². The van der Waals surface area contributed by atoms with Crippen molar-refractivity contribution in [2.45, 2.75) is 71.3 Å². The zero-order valence-electron chi connectivity index (χ0n) is 13.6. The molecule has 1 unspecified atom stereocenters. The maximum absolute atomic E-state index is 13.7. The van der Waals surface area contributed by atoms with Gasteiger partial charge in [-0.25, -0.2) is 4.39 Å². The standard InChI is InChI=1S/C19H30FN/c1-3-13-21-19(16-9-7-5-4-6-8-10-16)18-14-17(20)12-11-15(18)2/h11-12,14,16,19,21H,3-10,13H2,1-2H3. The molecule has 1 aliphatic carbocycles. The summed E-state index contributed by atoms with van der Waals surface area (Å²) in [6, 6.07) is 5.57. The molecule has 1 aromatic rings. The van der Waals surface area contributed by atoms with Crippen LogP contribution in [0.1, 0.15) is 75.5 Å². The van der Waals surface area contributed by atoms with Gasteiger partial charge >= 0.3 is 0 Å². The number of hydrogen-bond donors (Lipinski definition) is 1. The summed E-state index contributed by atoms with van der Waals surface area (Å²) in [5.41, 5.74) is 2.39. The molecule has 1 aliphatic rings. The third kappa shape index (κ3) is 4.81. The second-order valence-electron chi connectivity index (χ2n) is 6.54. The van der Waals surface area contributed by atoms with Crippen molar-refractivity contribution in [3.63, 3.8) is 0 Å². The molecule has 118 valence electrons. The number of hydrogen-bond acceptors (Lipinski definition) is 1. The first-order valence-corrected chi connectivity index (χ1v) is 8.71. The van der Waals surface area contributed by atoms with Crippen LogP contribution < -0.4 is 5.32 Å². The molecule has 0 heterocycles. The first-order chi connectivity index (χ1) is 10.2. The summed E-state index contributed by atoms with van der Waals surface area (Å²) in [4.78, 5) is 0. The number of benzene rings is 1. The molecule has 0 aliphatic heterocycles. The van der Waals surface area contributed by atoms with E-state index in [-0.39, 0.29) is 5.82 Å². The summed E-state index contributed by atoms with van der Waals surface area (Å²) in [6.07, 6.45) is 10.4. The fourth-order valence-electron chi connectivity index (χ4n) is 3.60. The van der Waals surface area contributed by atoms with Gasteiger partial charge in [-0.1, -0.05) is 45.1 Å². The van der Waals surface area contributed by atoms with Crippen LogP contribution in [-0.4, -0.2) is 6.54 Å². The molecule has 1 aromatic carbocycles. The van der Waals surface area contributed by atoms with E-state index in [0.29, 0.717) is 12.0 Å². The highest BCUT2D eigenvalue weighted by atomic mass is 19.1. The minimum atomic E-state index is -0.107. The molecule has 0 amide bonds. The molecule has 2 heteroatoms. The van der Waals surface area contributed by atoms with Crippen LogP contribution in [0.3, 0.4) is 0 Å². The van der Waals surface area contributed by atoms with Gasteiger partial charge in [-0.05, 0) is 61.9 Å². The summed E-state index contributed by atoms with van der Waals surface area (Å²) in [7, 11) is 0. The Hall–Kier alpha value is -0.890. The Kier molecular flexibility index (Phi) is 6.69. The Bertz CT molecular complexity index is 422. The summed E-state index contributed by atoms with van der Waals surface area (Å²) in [5.74, 6) is 0.544. The third-order valence-electron chi connectivity index (χ3n) is 4.81. The van der Waals surface area contributed by atoms with Crippen molar-refractivity contribution in [1.82, 2.24) is 5.32 Å². The Morgan fingerprint density at radius 3 is 2.48 bits per heavy atom. The Morgan fingerprint density at radius 1 is 1.14 bits per heavy atom. The molecule has 1 atom stereocenters. The van der Waals surface area contributed by atoms with Crippen molar-refractivity contribution >= 4 is 0 Å². The van der Waals surface area contributed by atoms with Gasteiger partial charge in [0.25, 0.3) is 0 Å². The van der Waals surface area contributed by atoms with Crippen LogP contribution in [0.15, 0.2) is 18.2 Å². The van der Waals surface area contributed by atoms with Crippen molar-refractivity contribution in [2.24, 2.45) is 5.92 Å². The highest BCUT2D eigenvalue weighted by Crippen LogP contribution is 2.34. The molecule has 1 N–H and O–H groups in total. The molecule has 0 aromatic heterocycles. The minimum Gasteiger partial charge on any atom is -0.310 e. The van der Waals surface area contributed by atoms with Gasteiger partial charge in [0.1, 0.15) is 5.82 Å². The minimum absolute atomic E-state index is 0.107. The maximum atomic E-state index is 13.7. The van der Waals surface area contributed by atoms with Crippen LogP contribution in [-0.2, 0) is 0 Å². The van der Waals surface area contributed by atoms with E-state index in [9.17, 15) is 4.39 Å². The van der Waals surface area contributed by atoms with Crippen LogP contribution >= 0.6 is 0 Å². The van der Waals surface area contributed by atoms with Gasteiger partial charge in [-0.15, -0.1) is 0 Å². The quantitative estimate of drug-likeness (QED) is 0.751. The maximum Gasteiger partial charge on any atom is 0.123 e. The lowest BCUT2D eigenvalue weighted by molar-refractivity contribution is 0.287. The molecule has 21 heavy (non-hydrogen) atoms. The SMILES string of the molecule is CCCNC(c1cc(F)ccc1C)C1CCCCCCC1. The van der Waals surface area contributed by atoms with Crippen molar-refractivity contribution in [3.05, 3.63) is 35.1 Å². The number of aryl methyl sites for hydroxylation is 1. The second-order valence-corrected chi connectivity index (χ2v) is 6.54. The molecule has 0 bridgehead atoms. The zero-order chi connectivity index (χ0) is 15.1. The van der Waals surface area contributed by atoms with Crippen LogP contribution in [0.5, 0.6) is 0 Å². The van der Waals surface area contributed by atoms with Gasteiger partial charge in [0.15, 0.2) is 0 Å². The van der Waals surface area contributed by atoms with Crippen LogP contribution in [0, 0.1) is 18.7 Å². The average molecular weight is 291 g/mol. The zero-order valence-corrected chi connectivity index (χ0v) is 13.6. The molecule has 1 nitrogen and oxygen atoms in total. The van der Waals surface area contributed by atoms with Crippen LogP contribution in [0.2, 0.25) is 0 Å². The molecule has 1 saturated carbocycles. The summed E-state index contributed by atoms with van der Waals surface area (Å²) in [5, 5.41) is 3.70. The lowest BCUT2D eigenvalue weighted by Crippen LogP contribution is -2.30. The summed E-state index contributed by atoms with van der Waals surface area (Å²) >= 11 is 0. The molecule has 2 rings (SSSR count). The number of nitrogens with one attached hydrogen (secondary N) is 1. The first kappa shape index (κ1) is 16.5. The van der Waals surface area contributed by atoms with Gasteiger partial charge in [0.2, 0.25) is 0 Å². The van der Waals surface area contributed by atoms with E-state index in [1.807, 2.05) is 6.07 Å². The Balaban J connectivity index is 2.20. The van der Waals surface area contributed by atoms with Crippen LogP contribution in [0.4, 0.5) is 4.39 Å². The lowest BCUT2D eigenvalue weighted by atomic mass is 9.81. The van der Waals surface area contributed by atoms with E-state index in [1.165, 1.54) is 56.1 Å². The van der Waals surface area contributed by atoms with Gasteiger partial charge in [0, 0.05) is 6.04 Å². The Labute approximate surface area is 129 Å². The average Bonchev–Trinajstić information content (AvgIpc) is 2.44.